The van der Waals surface area contributed by atoms with Crippen LogP contribution in [0.1, 0.15) is 89.5 Å². The second kappa shape index (κ2) is 10.7. The Kier molecular flexibility index (Phi) is 6.97. The predicted octanol–water partition coefficient (Wildman–Crippen LogP) is 10.9. The minimum atomic E-state index is -0.215. The van der Waals surface area contributed by atoms with Gasteiger partial charge in [-0.2, -0.15) is 0 Å². The highest BCUT2D eigenvalue weighted by molar-refractivity contribution is 5.96. The second-order valence-corrected chi connectivity index (χ2v) is 14.5. The van der Waals surface area contributed by atoms with E-state index < -0.39 is 0 Å². The Labute approximate surface area is 272 Å². The number of hydrogen-bond donors (Lipinski definition) is 1. The van der Waals surface area contributed by atoms with Crippen LogP contribution in [0.25, 0.3) is 50.5 Å². The zero-order chi connectivity index (χ0) is 32.5. The molecule has 46 heavy (non-hydrogen) atoms. The Balaban J connectivity index is 1.55. The van der Waals surface area contributed by atoms with Gasteiger partial charge in [-0.15, -0.1) is 0 Å². The van der Waals surface area contributed by atoms with E-state index in [1.807, 2.05) is 6.07 Å². The van der Waals surface area contributed by atoms with Gasteiger partial charge in [0, 0.05) is 22.7 Å². The van der Waals surface area contributed by atoms with Gasteiger partial charge in [0.2, 0.25) is 0 Å². The Morgan fingerprint density at radius 1 is 0.630 bits per heavy atom. The summed E-state index contributed by atoms with van der Waals surface area (Å²) in [5.74, 6) is 1.68. The average Bonchev–Trinajstić information content (AvgIpc) is 3.48. The summed E-state index contributed by atoms with van der Waals surface area (Å²) in [4.78, 5) is 10.8. The standard InChI is InChI=1S/C42H43N3O/c1-25(2)28-17-12-18-29(26(3)4)39(28)45-24-35(31-19-11-15-27-14-9-10-16-30(27)31)44-40(45)34-23-22-33-38(43-34)37-32(20-13-21-36(37)46)41(5,6)42(33,7)8/h9-26,46H,1-8H3. The van der Waals surface area contributed by atoms with Gasteiger partial charge in [0.15, 0.2) is 5.82 Å². The number of aromatic hydroxyl groups is 1. The molecule has 1 aliphatic carbocycles. The molecule has 1 N–H and O–H groups in total. The molecule has 2 aromatic heterocycles. The molecule has 0 spiro atoms. The molecule has 4 heteroatoms. The molecule has 0 atom stereocenters. The van der Waals surface area contributed by atoms with E-state index in [0.29, 0.717) is 11.8 Å². The maximum absolute atomic E-state index is 11.3. The first-order valence-electron chi connectivity index (χ1n) is 16.5. The fourth-order valence-electron chi connectivity index (χ4n) is 7.36. The van der Waals surface area contributed by atoms with Gasteiger partial charge < -0.3 is 5.11 Å². The van der Waals surface area contributed by atoms with Crippen LogP contribution >= 0.6 is 0 Å². The second-order valence-electron chi connectivity index (χ2n) is 14.5. The van der Waals surface area contributed by atoms with Crippen molar-refractivity contribution < 1.29 is 5.11 Å². The summed E-state index contributed by atoms with van der Waals surface area (Å²) in [7, 11) is 0. The lowest BCUT2D eigenvalue weighted by atomic mass is 9.56. The highest BCUT2D eigenvalue weighted by Gasteiger charge is 2.47. The smallest absolute Gasteiger partial charge is 0.163 e. The first kappa shape index (κ1) is 30.0. The SMILES string of the molecule is CC(C)c1cccc(C(C)C)c1-n1cc(-c2cccc3ccccc23)nc1-c1ccc2c(n1)-c1c(O)cccc1C(C)(C)C2(C)C. The average molecular weight is 606 g/mol. The van der Waals surface area contributed by atoms with Gasteiger partial charge in [-0.05, 0) is 62.4 Å². The molecule has 232 valence electrons. The summed E-state index contributed by atoms with van der Waals surface area (Å²) in [5.41, 5.74) is 9.98. The van der Waals surface area contributed by atoms with E-state index in [0.717, 1.165) is 45.2 Å². The summed E-state index contributed by atoms with van der Waals surface area (Å²) in [6.45, 7) is 18.1. The van der Waals surface area contributed by atoms with Crippen LogP contribution < -0.4 is 0 Å². The normalized spacial score (nSPS) is 14.9. The molecule has 2 heterocycles. The van der Waals surface area contributed by atoms with Crippen LogP contribution in [0.3, 0.4) is 0 Å². The van der Waals surface area contributed by atoms with Crippen molar-refractivity contribution in [3.05, 3.63) is 119 Å². The van der Waals surface area contributed by atoms with Crippen LogP contribution in [0, 0.1) is 0 Å². The van der Waals surface area contributed by atoms with Crippen molar-refractivity contribution in [2.45, 2.75) is 78.1 Å². The first-order valence-corrected chi connectivity index (χ1v) is 16.5. The van der Waals surface area contributed by atoms with E-state index in [1.54, 1.807) is 6.07 Å². The van der Waals surface area contributed by atoms with E-state index in [9.17, 15) is 5.11 Å². The third-order valence-corrected chi connectivity index (χ3v) is 10.7. The molecule has 0 saturated carbocycles. The highest BCUT2D eigenvalue weighted by atomic mass is 16.3. The van der Waals surface area contributed by atoms with Crippen LogP contribution in [0.2, 0.25) is 0 Å². The van der Waals surface area contributed by atoms with Gasteiger partial charge in [0.05, 0.1) is 17.1 Å². The lowest BCUT2D eigenvalue weighted by Crippen LogP contribution is -2.43. The number of rotatable bonds is 5. The monoisotopic (exact) mass is 605 g/mol. The maximum atomic E-state index is 11.3. The van der Waals surface area contributed by atoms with Crippen LogP contribution in [0.5, 0.6) is 5.75 Å². The maximum Gasteiger partial charge on any atom is 0.163 e. The predicted molar refractivity (Wildman–Crippen MR) is 191 cm³/mol. The number of phenolic OH excluding ortho intramolecular Hbond substituents is 1. The number of phenols is 1. The Hall–Kier alpha value is -4.70. The Morgan fingerprint density at radius 3 is 1.98 bits per heavy atom. The number of aromatic nitrogens is 3. The molecule has 4 aromatic carbocycles. The molecule has 7 rings (SSSR count). The number of fused-ring (bicyclic) bond motifs is 4. The summed E-state index contributed by atoms with van der Waals surface area (Å²) in [5, 5.41) is 13.6. The zero-order valence-electron chi connectivity index (χ0n) is 28.2. The van der Waals surface area contributed by atoms with Gasteiger partial charge >= 0.3 is 0 Å². The molecule has 0 radical (unpaired) electrons. The van der Waals surface area contributed by atoms with E-state index in [2.05, 4.69) is 145 Å². The summed E-state index contributed by atoms with van der Waals surface area (Å²) >= 11 is 0. The molecule has 1 aliphatic rings. The molecule has 0 aliphatic heterocycles. The summed E-state index contributed by atoms with van der Waals surface area (Å²) in [6.07, 6.45) is 2.20. The molecule has 0 bridgehead atoms. The molecule has 0 fully saturated rings. The molecule has 0 saturated heterocycles. The number of benzene rings is 4. The van der Waals surface area contributed by atoms with E-state index in [-0.39, 0.29) is 16.6 Å². The molecule has 4 nitrogen and oxygen atoms in total. The van der Waals surface area contributed by atoms with Crippen molar-refractivity contribution in [1.29, 1.82) is 0 Å². The van der Waals surface area contributed by atoms with Crippen molar-refractivity contribution in [1.82, 2.24) is 14.5 Å². The van der Waals surface area contributed by atoms with Gasteiger partial charge in [0.1, 0.15) is 11.4 Å². The Morgan fingerprint density at radius 2 is 1.26 bits per heavy atom. The third-order valence-electron chi connectivity index (χ3n) is 10.7. The summed E-state index contributed by atoms with van der Waals surface area (Å²) in [6, 6.07) is 31.8. The van der Waals surface area contributed by atoms with E-state index >= 15 is 0 Å². The number of para-hydroxylation sites is 1. The lowest BCUT2D eigenvalue weighted by Gasteiger charge is -2.47. The lowest BCUT2D eigenvalue weighted by molar-refractivity contribution is 0.296. The third kappa shape index (κ3) is 4.41. The number of imidazole rings is 1. The van der Waals surface area contributed by atoms with E-state index in [4.69, 9.17) is 9.97 Å². The molecular formula is C42H43N3O. The van der Waals surface area contributed by atoms with Crippen LogP contribution in [-0.4, -0.2) is 19.6 Å². The fraction of sp³-hybridized carbons (Fsp3) is 0.286. The van der Waals surface area contributed by atoms with Gasteiger partial charge in [-0.25, -0.2) is 9.97 Å². The van der Waals surface area contributed by atoms with E-state index in [1.165, 1.54) is 27.6 Å². The van der Waals surface area contributed by atoms with Crippen molar-refractivity contribution in [3.8, 4) is 45.5 Å². The summed E-state index contributed by atoms with van der Waals surface area (Å²) < 4.78 is 2.28. The molecular weight excluding hydrogens is 562 g/mol. The minimum absolute atomic E-state index is 0.209. The van der Waals surface area contributed by atoms with Gasteiger partial charge in [0.25, 0.3) is 0 Å². The quantitative estimate of drug-likeness (QED) is 0.213. The Bertz CT molecular complexity index is 2100. The highest BCUT2D eigenvalue weighted by Crippen LogP contribution is 2.55. The number of pyridine rings is 1. The fourth-order valence-corrected chi connectivity index (χ4v) is 7.36. The molecule has 0 amide bonds. The first-order chi connectivity index (χ1) is 21.9. The van der Waals surface area contributed by atoms with Crippen LogP contribution in [0.4, 0.5) is 0 Å². The zero-order valence-corrected chi connectivity index (χ0v) is 28.2. The number of hydrogen-bond acceptors (Lipinski definition) is 3. The van der Waals surface area contributed by atoms with Crippen molar-refractivity contribution in [3.63, 3.8) is 0 Å². The van der Waals surface area contributed by atoms with Crippen LogP contribution in [0.15, 0.2) is 97.2 Å². The van der Waals surface area contributed by atoms with Crippen molar-refractivity contribution >= 4 is 10.8 Å². The largest absolute Gasteiger partial charge is 0.507 e. The van der Waals surface area contributed by atoms with Gasteiger partial charge in [-0.1, -0.05) is 134 Å². The molecule has 6 aromatic rings. The van der Waals surface area contributed by atoms with Gasteiger partial charge in [-0.3, -0.25) is 4.57 Å². The minimum Gasteiger partial charge on any atom is -0.507 e. The van der Waals surface area contributed by atoms with Crippen molar-refractivity contribution in [2.75, 3.05) is 0 Å². The number of nitrogens with zero attached hydrogens (tertiary/aromatic N) is 3. The molecule has 0 unspecified atom stereocenters. The topological polar surface area (TPSA) is 50.9 Å². The van der Waals surface area contributed by atoms with Crippen LogP contribution in [-0.2, 0) is 10.8 Å². The van der Waals surface area contributed by atoms with Crippen molar-refractivity contribution in [2.24, 2.45) is 0 Å².